The van der Waals surface area contributed by atoms with Crippen molar-refractivity contribution in [2.45, 2.75) is 19.4 Å². The minimum Gasteiger partial charge on any atom is -0.355 e. The molecule has 2 aliphatic heterocycles. The van der Waals surface area contributed by atoms with Gasteiger partial charge in [-0.2, -0.15) is 11.8 Å². The van der Waals surface area contributed by atoms with Gasteiger partial charge >= 0.3 is 0 Å². The molecule has 2 atom stereocenters. The summed E-state index contributed by atoms with van der Waals surface area (Å²) in [5, 5.41) is 0. The highest BCUT2D eigenvalue weighted by Crippen LogP contribution is 2.38. The largest absolute Gasteiger partial charge is 0.355 e. The van der Waals surface area contributed by atoms with Crippen LogP contribution in [-0.4, -0.2) is 46.1 Å². The number of pyridine rings is 1. The average Bonchev–Trinajstić information content (AvgIpc) is 3.05. The molecular weight excluding hydrogens is 318 g/mol. The Kier molecular flexibility index (Phi) is 4.56. The van der Waals surface area contributed by atoms with Crippen LogP contribution in [0.15, 0.2) is 36.9 Å². The lowest BCUT2D eigenvalue weighted by Crippen LogP contribution is -2.33. The summed E-state index contributed by atoms with van der Waals surface area (Å²) in [6, 6.07) is 6.71. The number of hydrogen-bond acceptors (Lipinski definition) is 6. The van der Waals surface area contributed by atoms with Crippen LogP contribution < -0.4 is 9.80 Å². The fraction of sp³-hybridized carbons (Fsp3) is 0.500. The van der Waals surface area contributed by atoms with E-state index >= 15 is 0 Å². The van der Waals surface area contributed by atoms with Gasteiger partial charge in [-0.1, -0.05) is 13.0 Å². The van der Waals surface area contributed by atoms with E-state index in [1.165, 1.54) is 17.1 Å². The molecule has 2 aliphatic rings. The van der Waals surface area contributed by atoms with Crippen molar-refractivity contribution in [3.05, 3.63) is 42.5 Å². The Labute approximate surface area is 147 Å². The van der Waals surface area contributed by atoms with Crippen molar-refractivity contribution in [2.24, 2.45) is 5.92 Å². The van der Waals surface area contributed by atoms with Gasteiger partial charge in [-0.25, -0.2) is 9.97 Å². The molecule has 4 heterocycles. The molecule has 0 bridgehead atoms. The second kappa shape index (κ2) is 6.97. The van der Waals surface area contributed by atoms with Crippen LogP contribution >= 0.6 is 11.8 Å². The van der Waals surface area contributed by atoms with Crippen molar-refractivity contribution < 1.29 is 0 Å². The maximum atomic E-state index is 4.59. The maximum Gasteiger partial charge on any atom is 0.134 e. The summed E-state index contributed by atoms with van der Waals surface area (Å²) in [4.78, 5) is 18.2. The minimum atomic E-state index is 0.355. The Morgan fingerprint density at radius 2 is 2.00 bits per heavy atom. The monoisotopic (exact) mass is 341 g/mol. The topological polar surface area (TPSA) is 45.2 Å². The van der Waals surface area contributed by atoms with Crippen LogP contribution in [0.5, 0.6) is 0 Å². The quantitative estimate of drug-likeness (QED) is 0.855. The Bertz CT molecular complexity index is 674. The summed E-state index contributed by atoms with van der Waals surface area (Å²) in [5.74, 6) is 5.11. The fourth-order valence-corrected chi connectivity index (χ4v) is 4.55. The van der Waals surface area contributed by atoms with E-state index in [2.05, 4.69) is 43.8 Å². The first-order valence-electron chi connectivity index (χ1n) is 8.62. The SMILES string of the molecule is C[C@H]1C[C@H](c2cccnc2)N(c2cc(N3CCSCC3)ncn2)C1. The molecule has 24 heavy (non-hydrogen) atoms. The maximum absolute atomic E-state index is 4.59. The van der Waals surface area contributed by atoms with Gasteiger partial charge in [0.25, 0.3) is 0 Å². The van der Waals surface area contributed by atoms with E-state index in [1.54, 1.807) is 6.33 Å². The highest BCUT2D eigenvalue weighted by molar-refractivity contribution is 7.99. The number of nitrogens with zero attached hydrogens (tertiary/aromatic N) is 5. The molecule has 126 valence electrons. The van der Waals surface area contributed by atoms with Gasteiger partial charge in [0.05, 0.1) is 6.04 Å². The van der Waals surface area contributed by atoms with Crippen molar-refractivity contribution in [3.8, 4) is 0 Å². The molecule has 4 rings (SSSR count). The van der Waals surface area contributed by atoms with Gasteiger partial charge in [0, 0.05) is 49.6 Å². The van der Waals surface area contributed by atoms with Gasteiger partial charge in [0.15, 0.2) is 0 Å². The summed E-state index contributed by atoms with van der Waals surface area (Å²) in [7, 11) is 0. The van der Waals surface area contributed by atoms with Crippen LogP contribution in [-0.2, 0) is 0 Å². The van der Waals surface area contributed by atoms with Crippen molar-refractivity contribution >= 4 is 23.4 Å². The normalized spacial score (nSPS) is 24.4. The fourth-order valence-electron chi connectivity index (χ4n) is 3.65. The molecule has 0 N–H and O–H groups in total. The standard InChI is InChI=1S/C18H23N5S/c1-14-9-16(15-3-2-4-19-11-15)23(12-14)18-10-17(20-13-21-18)22-5-7-24-8-6-22/h2-4,10-11,13-14,16H,5-9,12H2,1H3/t14-,16+/m0/s1. The third-order valence-electron chi connectivity index (χ3n) is 4.85. The predicted molar refractivity (Wildman–Crippen MR) is 99.7 cm³/mol. The Balaban J connectivity index is 1.61. The first-order valence-corrected chi connectivity index (χ1v) is 9.78. The van der Waals surface area contributed by atoms with Gasteiger partial charge in [0.1, 0.15) is 18.0 Å². The number of hydrogen-bond donors (Lipinski definition) is 0. The highest BCUT2D eigenvalue weighted by Gasteiger charge is 2.32. The number of rotatable bonds is 3. The molecule has 0 unspecified atom stereocenters. The van der Waals surface area contributed by atoms with Crippen molar-refractivity contribution in [2.75, 3.05) is 40.9 Å². The third-order valence-corrected chi connectivity index (χ3v) is 5.79. The van der Waals surface area contributed by atoms with Crippen molar-refractivity contribution in [1.29, 1.82) is 0 Å². The molecule has 0 aliphatic carbocycles. The molecule has 2 fully saturated rings. The van der Waals surface area contributed by atoms with E-state index in [4.69, 9.17) is 0 Å². The van der Waals surface area contributed by atoms with Gasteiger partial charge in [-0.15, -0.1) is 0 Å². The van der Waals surface area contributed by atoms with E-state index in [0.29, 0.717) is 12.0 Å². The summed E-state index contributed by atoms with van der Waals surface area (Å²) >= 11 is 2.02. The van der Waals surface area contributed by atoms with E-state index < -0.39 is 0 Å². The molecule has 0 amide bonds. The molecule has 2 saturated heterocycles. The van der Waals surface area contributed by atoms with Crippen LogP contribution in [0.25, 0.3) is 0 Å². The van der Waals surface area contributed by atoms with Crippen LogP contribution in [0.4, 0.5) is 11.6 Å². The molecule has 0 saturated carbocycles. The lowest BCUT2D eigenvalue weighted by molar-refractivity contribution is 0.617. The molecule has 6 heteroatoms. The van der Waals surface area contributed by atoms with Gasteiger partial charge in [-0.3, -0.25) is 4.98 Å². The molecular formula is C18H23N5S. The van der Waals surface area contributed by atoms with Gasteiger partial charge < -0.3 is 9.80 Å². The smallest absolute Gasteiger partial charge is 0.134 e. The molecule has 0 radical (unpaired) electrons. The molecule has 2 aromatic rings. The van der Waals surface area contributed by atoms with Crippen molar-refractivity contribution in [1.82, 2.24) is 15.0 Å². The minimum absolute atomic E-state index is 0.355. The summed E-state index contributed by atoms with van der Waals surface area (Å²) in [6.07, 6.45) is 6.68. The highest BCUT2D eigenvalue weighted by atomic mass is 32.2. The number of thioether (sulfide) groups is 1. The molecule has 2 aromatic heterocycles. The van der Waals surface area contributed by atoms with Crippen LogP contribution in [0.1, 0.15) is 24.9 Å². The Morgan fingerprint density at radius 3 is 2.79 bits per heavy atom. The van der Waals surface area contributed by atoms with E-state index in [-0.39, 0.29) is 0 Å². The van der Waals surface area contributed by atoms with Crippen molar-refractivity contribution in [3.63, 3.8) is 0 Å². The van der Waals surface area contributed by atoms with Gasteiger partial charge in [-0.05, 0) is 24.0 Å². The second-order valence-electron chi connectivity index (χ2n) is 6.63. The lowest BCUT2D eigenvalue weighted by Gasteiger charge is -2.30. The first kappa shape index (κ1) is 15.7. The molecule has 5 nitrogen and oxygen atoms in total. The Hall–Kier alpha value is -1.82. The summed E-state index contributed by atoms with van der Waals surface area (Å²) in [6.45, 7) is 5.49. The van der Waals surface area contributed by atoms with Crippen LogP contribution in [0.2, 0.25) is 0 Å². The zero-order valence-electron chi connectivity index (χ0n) is 14.0. The zero-order chi connectivity index (χ0) is 16.4. The first-order chi connectivity index (χ1) is 11.8. The zero-order valence-corrected chi connectivity index (χ0v) is 14.8. The predicted octanol–water partition coefficient (Wildman–Crippen LogP) is 3.01. The van der Waals surface area contributed by atoms with Gasteiger partial charge in [0.2, 0.25) is 0 Å². The number of anilines is 2. The Morgan fingerprint density at radius 1 is 1.17 bits per heavy atom. The second-order valence-corrected chi connectivity index (χ2v) is 7.85. The van der Waals surface area contributed by atoms with E-state index in [1.807, 2.05) is 30.2 Å². The molecule has 0 aromatic carbocycles. The van der Waals surface area contributed by atoms with E-state index in [9.17, 15) is 0 Å². The average molecular weight is 341 g/mol. The van der Waals surface area contributed by atoms with Crippen LogP contribution in [0.3, 0.4) is 0 Å². The van der Waals surface area contributed by atoms with Crippen LogP contribution in [0, 0.1) is 5.92 Å². The lowest BCUT2D eigenvalue weighted by atomic mass is 10.0. The summed E-state index contributed by atoms with van der Waals surface area (Å²) < 4.78 is 0. The number of aromatic nitrogens is 3. The van der Waals surface area contributed by atoms with E-state index in [0.717, 1.165) is 37.7 Å². The molecule has 0 spiro atoms. The summed E-state index contributed by atoms with van der Waals surface area (Å²) in [5.41, 5.74) is 1.27. The third kappa shape index (κ3) is 3.20.